The number of carbonyl (C=O) groups excluding carboxylic acids is 2. The van der Waals surface area contributed by atoms with Crippen molar-refractivity contribution in [3.05, 3.63) is 18.2 Å². The summed E-state index contributed by atoms with van der Waals surface area (Å²) in [6, 6.07) is 0. The molecule has 1 radical (unpaired) electrons. The number of nitrogens with zero attached hydrogens (tertiary/aromatic N) is 2. The van der Waals surface area contributed by atoms with Crippen LogP contribution in [0.1, 0.15) is 10.6 Å². The molecule has 0 unspecified atom stereocenters. The third-order valence-corrected chi connectivity index (χ3v) is 1.12. The lowest BCUT2D eigenvalue weighted by Crippen LogP contribution is -2.07. The maximum Gasteiger partial charge on any atom is 0.280 e. The molecular weight excluding hydrogens is 132 g/mol. The summed E-state index contributed by atoms with van der Waals surface area (Å²) in [5.41, 5.74) is 0. The second-order valence-corrected chi connectivity index (χ2v) is 1.79. The molecule has 0 aliphatic heterocycles. The number of ketones is 1. The van der Waals surface area contributed by atoms with Crippen LogP contribution in [0.2, 0.25) is 0 Å². The van der Waals surface area contributed by atoms with Gasteiger partial charge in [-0.25, -0.2) is 4.98 Å². The molecule has 0 bridgehead atoms. The van der Waals surface area contributed by atoms with E-state index in [-0.39, 0.29) is 5.82 Å². The minimum atomic E-state index is -0.715. The number of aromatic nitrogens is 2. The normalized spacial score (nSPS) is 9.30. The summed E-state index contributed by atoms with van der Waals surface area (Å²) in [7, 11) is 1.64. The van der Waals surface area contributed by atoms with Gasteiger partial charge < -0.3 is 4.57 Å². The highest BCUT2D eigenvalue weighted by molar-refractivity contribution is 6.32. The maximum atomic E-state index is 10.6. The molecule has 0 atom stereocenters. The summed E-state index contributed by atoms with van der Waals surface area (Å²) in [4.78, 5) is 24.1. The highest BCUT2D eigenvalue weighted by atomic mass is 16.2. The van der Waals surface area contributed by atoms with Gasteiger partial charge in [0.1, 0.15) is 0 Å². The summed E-state index contributed by atoms with van der Waals surface area (Å²) in [5.74, 6) is -0.595. The van der Waals surface area contributed by atoms with E-state index >= 15 is 0 Å². The molecule has 1 heterocycles. The van der Waals surface area contributed by atoms with Crippen LogP contribution in [0, 0.1) is 0 Å². The quantitative estimate of drug-likeness (QED) is 0.416. The first-order chi connectivity index (χ1) is 4.75. The molecule has 51 valence electrons. The Hall–Kier alpha value is -1.45. The number of carbonyl (C=O) groups is 1. The molecule has 4 nitrogen and oxygen atoms in total. The Bertz CT molecular complexity index is 264. The number of hydrogen-bond donors (Lipinski definition) is 0. The van der Waals surface area contributed by atoms with Crippen LogP contribution >= 0.6 is 0 Å². The van der Waals surface area contributed by atoms with Crippen LogP contribution in [0.4, 0.5) is 0 Å². The van der Waals surface area contributed by atoms with Gasteiger partial charge in [-0.1, -0.05) is 0 Å². The minimum Gasteiger partial charge on any atom is -0.331 e. The molecule has 4 heteroatoms. The van der Waals surface area contributed by atoms with Crippen molar-refractivity contribution in [2.24, 2.45) is 7.05 Å². The van der Waals surface area contributed by atoms with Crippen molar-refractivity contribution in [1.82, 2.24) is 9.55 Å². The first-order valence-electron chi connectivity index (χ1n) is 2.65. The maximum absolute atomic E-state index is 10.6. The fourth-order valence-corrected chi connectivity index (χ4v) is 0.630. The molecule has 0 aliphatic rings. The number of Topliss-reactive ketones (excluding diaryl/α,β-unsaturated/α-hetero) is 1. The van der Waals surface area contributed by atoms with Crippen LogP contribution in [-0.4, -0.2) is 21.6 Å². The third-order valence-electron chi connectivity index (χ3n) is 1.12. The van der Waals surface area contributed by atoms with Crippen molar-refractivity contribution in [3.8, 4) is 0 Å². The van der Waals surface area contributed by atoms with Crippen molar-refractivity contribution in [2.75, 3.05) is 0 Å². The van der Waals surface area contributed by atoms with Gasteiger partial charge in [0.15, 0.2) is 5.82 Å². The Morgan fingerprint density at radius 3 is 2.90 bits per heavy atom. The van der Waals surface area contributed by atoms with Crippen molar-refractivity contribution in [1.29, 1.82) is 0 Å². The second-order valence-electron chi connectivity index (χ2n) is 1.79. The average Bonchev–Trinajstić information content (AvgIpc) is 2.34. The SMILES string of the molecule is Cn1ccnc1C(=O)[C]=O. The van der Waals surface area contributed by atoms with Gasteiger partial charge >= 0.3 is 0 Å². The highest BCUT2D eigenvalue weighted by Crippen LogP contribution is 1.92. The fraction of sp³-hybridized carbons (Fsp3) is 0.167. The second kappa shape index (κ2) is 2.43. The van der Waals surface area contributed by atoms with E-state index in [1.54, 1.807) is 13.2 Å². The van der Waals surface area contributed by atoms with Gasteiger partial charge in [0.2, 0.25) is 0 Å². The molecule has 0 saturated heterocycles. The molecule has 0 N–H and O–H groups in total. The van der Waals surface area contributed by atoms with Gasteiger partial charge in [0, 0.05) is 19.4 Å². The molecule has 0 saturated carbocycles. The number of imidazole rings is 1. The number of aryl methyl sites for hydroxylation is 1. The topological polar surface area (TPSA) is 52.0 Å². The van der Waals surface area contributed by atoms with Gasteiger partial charge in [-0.2, -0.15) is 0 Å². The van der Waals surface area contributed by atoms with E-state index in [1.165, 1.54) is 17.1 Å². The largest absolute Gasteiger partial charge is 0.331 e. The summed E-state index contributed by atoms with van der Waals surface area (Å²) in [6.07, 6.45) is 4.27. The van der Waals surface area contributed by atoms with Gasteiger partial charge in [0.05, 0.1) is 0 Å². The molecule has 1 rings (SSSR count). The number of hydrogen-bond acceptors (Lipinski definition) is 3. The van der Waals surface area contributed by atoms with Crippen LogP contribution in [-0.2, 0) is 11.8 Å². The summed E-state index contributed by atoms with van der Waals surface area (Å²) in [5, 5.41) is 0. The molecule has 0 aliphatic carbocycles. The lowest BCUT2D eigenvalue weighted by molar-refractivity contribution is 0.105. The molecule has 1 aromatic rings. The molecular formula is C6H5N2O2. The van der Waals surface area contributed by atoms with Gasteiger partial charge in [-0.15, -0.1) is 0 Å². The molecule has 0 amide bonds. The molecule has 0 spiro atoms. The van der Waals surface area contributed by atoms with Crippen molar-refractivity contribution in [3.63, 3.8) is 0 Å². The minimum absolute atomic E-state index is 0.120. The lowest BCUT2D eigenvalue weighted by Gasteiger charge is -1.90. The first-order valence-corrected chi connectivity index (χ1v) is 2.65. The van der Waals surface area contributed by atoms with Gasteiger partial charge in [-0.05, 0) is 0 Å². The van der Waals surface area contributed by atoms with Crippen molar-refractivity contribution in [2.45, 2.75) is 0 Å². The van der Waals surface area contributed by atoms with Crippen LogP contribution < -0.4 is 0 Å². The predicted molar refractivity (Wildman–Crippen MR) is 33.2 cm³/mol. The van der Waals surface area contributed by atoms with E-state index in [0.717, 1.165) is 0 Å². The van der Waals surface area contributed by atoms with Crippen LogP contribution in [0.5, 0.6) is 0 Å². The van der Waals surface area contributed by atoms with E-state index in [1.807, 2.05) is 0 Å². The van der Waals surface area contributed by atoms with Gasteiger partial charge in [0.25, 0.3) is 12.1 Å². The lowest BCUT2D eigenvalue weighted by atomic mass is 10.4. The van der Waals surface area contributed by atoms with E-state index in [0.29, 0.717) is 0 Å². The predicted octanol–water partition coefficient (Wildman–Crippen LogP) is -0.288. The highest BCUT2D eigenvalue weighted by Gasteiger charge is 2.08. The van der Waals surface area contributed by atoms with E-state index < -0.39 is 5.78 Å². The fourth-order valence-electron chi connectivity index (χ4n) is 0.630. The molecule has 0 aromatic carbocycles. The molecule has 1 aromatic heterocycles. The van der Waals surface area contributed by atoms with Crippen LogP contribution in [0.25, 0.3) is 0 Å². The van der Waals surface area contributed by atoms with Crippen molar-refractivity contribution < 1.29 is 9.59 Å². The van der Waals surface area contributed by atoms with E-state index in [9.17, 15) is 9.59 Å². The van der Waals surface area contributed by atoms with E-state index in [4.69, 9.17) is 0 Å². The van der Waals surface area contributed by atoms with Crippen LogP contribution in [0.15, 0.2) is 12.4 Å². The zero-order chi connectivity index (χ0) is 7.56. The number of rotatable bonds is 2. The Balaban J connectivity index is 3.04. The average molecular weight is 137 g/mol. The smallest absolute Gasteiger partial charge is 0.280 e. The van der Waals surface area contributed by atoms with E-state index in [2.05, 4.69) is 4.98 Å². The third kappa shape index (κ3) is 0.953. The Morgan fingerprint density at radius 1 is 1.80 bits per heavy atom. The zero-order valence-electron chi connectivity index (χ0n) is 5.37. The first kappa shape index (κ1) is 6.67. The summed E-state index contributed by atoms with van der Waals surface area (Å²) < 4.78 is 1.47. The standard InChI is InChI=1S/C6H5N2O2/c1-8-3-2-7-6(8)5(10)4-9/h2-3H,1H3. The summed E-state index contributed by atoms with van der Waals surface area (Å²) >= 11 is 0. The van der Waals surface area contributed by atoms with Gasteiger partial charge in [-0.3, -0.25) is 9.59 Å². The molecule has 0 fully saturated rings. The Morgan fingerprint density at radius 2 is 2.50 bits per heavy atom. The monoisotopic (exact) mass is 137 g/mol. The Kier molecular flexibility index (Phi) is 1.62. The summed E-state index contributed by atoms with van der Waals surface area (Å²) in [6.45, 7) is 0. The Labute approximate surface area is 57.5 Å². The van der Waals surface area contributed by atoms with Crippen LogP contribution in [0.3, 0.4) is 0 Å². The van der Waals surface area contributed by atoms with Crippen molar-refractivity contribution >= 4 is 12.1 Å². The molecule has 10 heavy (non-hydrogen) atoms. The zero-order valence-corrected chi connectivity index (χ0v) is 5.37.